The highest BCUT2D eigenvalue weighted by Gasteiger charge is 2.63. The first-order valence-electron chi connectivity index (χ1n) is 10.5. The molecule has 6 nitrogen and oxygen atoms in total. The number of Topliss-reactive ketones (excluding diaryl/α,β-unsaturated/α-hetero) is 1. The molecule has 1 amide bonds. The molecule has 0 spiro atoms. The summed E-state index contributed by atoms with van der Waals surface area (Å²) in [5, 5.41) is 3.49. The number of fused-ring (bicyclic) bond motifs is 1. The number of benzene rings is 2. The fraction of sp³-hybridized carbons (Fsp3) is 0.375. The molecule has 3 fully saturated rings. The zero-order valence-electron chi connectivity index (χ0n) is 16.9. The zero-order chi connectivity index (χ0) is 21.7. The Morgan fingerprint density at radius 2 is 1.81 bits per heavy atom. The number of carbonyl (C=O) groups excluding carboxylic acids is 3. The van der Waals surface area contributed by atoms with Crippen LogP contribution in [0.5, 0.6) is 5.75 Å². The van der Waals surface area contributed by atoms with Gasteiger partial charge in [0.15, 0.2) is 6.10 Å². The quantitative estimate of drug-likeness (QED) is 0.540. The topological polar surface area (TPSA) is 81.7 Å². The van der Waals surface area contributed by atoms with E-state index < -0.39 is 6.10 Å². The van der Waals surface area contributed by atoms with E-state index in [2.05, 4.69) is 5.32 Å². The van der Waals surface area contributed by atoms with Crippen molar-refractivity contribution in [1.82, 2.24) is 0 Å². The predicted molar refractivity (Wildman–Crippen MR) is 114 cm³/mol. The van der Waals surface area contributed by atoms with Crippen molar-refractivity contribution in [2.75, 3.05) is 5.32 Å². The number of anilines is 1. The number of halogens is 1. The first kappa shape index (κ1) is 20.1. The molecule has 0 unspecified atom stereocenters. The largest absolute Gasteiger partial charge is 0.483 e. The third-order valence-corrected chi connectivity index (χ3v) is 6.97. The molecule has 3 aliphatic rings. The van der Waals surface area contributed by atoms with Gasteiger partial charge in [-0.15, -0.1) is 0 Å². The van der Waals surface area contributed by atoms with Crippen molar-refractivity contribution >= 4 is 34.9 Å². The summed E-state index contributed by atoms with van der Waals surface area (Å²) in [5.41, 5.74) is 1.15. The molecule has 2 saturated carbocycles. The van der Waals surface area contributed by atoms with Crippen LogP contribution in [-0.2, 0) is 14.3 Å². The Hall–Kier alpha value is -2.86. The van der Waals surface area contributed by atoms with E-state index in [0.717, 1.165) is 12.8 Å². The Kier molecular flexibility index (Phi) is 4.97. The molecule has 6 atom stereocenters. The highest BCUT2D eigenvalue weighted by Crippen LogP contribution is 2.57. The molecule has 1 aliphatic heterocycles. The van der Waals surface area contributed by atoms with Gasteiger partial charge in [-0.25, -0.2) is 0 Å². The highest BCUT2D eigenvalue weighted by atomic mass is 35.5. The lowest BCUT2D eigenvalue weighted by Crippen LogP contribution is -2.35. The number of rotatable bonds is 6. The van der Waals surface area contributed by atoms with Crippen molar-refractivity contribution < 1.29 is 23.9 Å². The maximum Gasteiger partial charge on any atom is 0.310 e. The van der Waals surface area contributed by atoms with Crippen LogP contribution in [0.15, 0.2) is 48.5 Å². The van der Waals surface area contributed by atoms with Gasteiger partial charge in [-0.1, -0.05) is 11.6 Å². The van der Waals surface area contributed by atoms with E-state index in [0.29, 0.717) is 22.0 Å². The Bertz CT molecular complexity index is 1030. The fourth-order valence-electron chi connectivity index (χ4n) is 5.31. The highest BCUT2D eigenvalue weighted by molar-refractivity contribution is 6.30. The minimum absolute atomic E-state index is 0.0144. The lowest BCUT2D eigenvalue weighted by molar-refractivity contribution is -0.145. The number of amides is 1. The number of nitrogens with one attached hydrogen (secondary N) is 1. The number of hydrogen-bond donors (Lipinski definition) is 1. The van der Waals surface area contributed by atoms with Crippen LogP contribution < -0.4 is 10.1 Å². The second kappa shape index (κ2) is 7.68. The Balaban J connectivity index is 1.20. The minimum Gasteiger partial charge on any atom is -0.483 e. The maximum absolute atomic E-state index is 12.9. The van der Waals surface area contributed by atoms with Crippen molar-refractivity contribution in [2.24, 2.45) is 23.7 Å². The van der Waals surface area contributed by atoms with Gasteiger partial charge >= 0.3 is 5.97 Å². The Labute approximate surface area is 184 Å². The molecule has 0 aromatic heterocycles. The third-order valence-electron chi connectivity index (χ3n) is 6.72. The second-order valence-corrected chi connectivity index (χ2v) is 9.00. The van der Waals surface area contributed by atoms with Crippen LogP contribution in [0.1, 0.15) is 30.1 Å². The molecule has 2 aromatic carbocycles. The number of carbonyl (C=O) groups is 3. The summed E-state index contributed by atoms with van der Waals surface area (Å²) in [7, 11) is 0. The summed E-state index contributed by atoms with van der Waals surface area (Å²) in [6.07, 6.45) is 1.03. The fourth-order valence-corrected chi connectivity index (χ4v) is 5.44. The molecule has 7 heteroatoms. The van der Waals surface area contributed by atoms with Gasteiger partial charge in [-0.05, 0) is 74.2 Å². The second-order valence-electron chi connectivity index (χ2n) is 8.57. The van der Waals surface area contributed by atoms with E-state index in [4.69, 9.17) is 21.1 Å². The van der Waals surface area contributed by atoms with Crippen molar-refractivity contribution in [1.29, 1.82) is 0 Å². The van der Waals surface area contributed by atoms with E-state index >= 15 is 0 Å². The summed E-state index contributed by atoms with van der Waals surface area (Å²) in [4.78, 5) is 37.5. The van der Waals surface area contributed by atoms with Gasteiger partial charge in [0.1, 0.15) is 11.9 Å². The molecule has 2 aromatic rings. The van der Waals surface area contributed by atoms with Crippen LogP contribution in [0.3, 0.4) is 0 Å². The van der Waals surface area contributed by atoms with Gasteiger partial charge in [-0.3, -0.25) is 14.4 Å². The Morgan fingerprint density at radius 1 is 1.10 bits per heavy atom. The summed E-state index contributed by atoms with van der Waals surface area (Å²) in [5.74, 6) is -0.178. The van der Waals surface area contributed by atoms with Crippen LogP contribution in [0.4, 0.5) is 5.69 Å². The summed E-state index contributed by atoms with van der Waals surface area (Å²) in [6, 6.07) is 13.6. The molecular formula is C24H22ClNO5. The first-order valence-corrected chi connectivity index (χ1v) is 10.9. The van der Waals surface area contributed by atoms with Crippen molar-refractivity contribution in [3.05, 3.63) is 59.1 Å². The monoisotopic (exact) mass is 439 g/mol. The Morgan fingerprint density at radius 3 is 2.52 bits per heavy atom. The molecule has 2 bridgehead atoms. The van der Waals surface area contributed by atoms with Gasteiger partial charge in [0.25, 0.3) is 0 Å². The number of hydrogen-bond acceptors (Lipinski definition) is 5. The average molecular weight is 440 g/mol. The third kappa shape index (κ3) is 3.59. The minimum atomic E-state index is -0.669. The molecule has 31 heavy (non-hydrogen) atoms. The molecule has 1 saturated heterocycles. The summed E-state index contributed by atoms with van der Waals surface area (Å²) >= 11 is 5.87. The maximum atomic E-state index is 12.9. The lowest BCUT2D eigenvalue weighted by Gasteiger charge is -2.23. The van der Waals surface area contributed by atoms with Crippen LogP contribution in [0.25, 0.3) is 0 Å². The van der Waals surface area contributed by atoms with Crippen molar-refractivity contribution in [2.45, 2.75) is 32.0 Å². The molecule has 1 heterocycles. The smallest absolute Gasteiger partial charge is 0.310 e. The SMILES string of the molecule is C[C@H](Oc1ccc(NC(=O)[C@@H]2[C@H]3C[C@H]4[C@@H]2C(=O)O[C@H]4C3)cc1)C(=O)c1ccc(Cl)cc1. The lowest BCUT2D eigenvalue weighted by atomic mass is 9.79. The molecular weight excluding hydrogens is 418 g/mol. The molecule has 1 N–H and O–H groups in total. The molecule has 0 radical (unpaired) electrons. The van der Waals surface area contributed by atoms with E-state index in [1.165, 1.54) is 0 Å². The number of esters is 1. The van der Waals surface area contributed by atoms with Gasteiger partial charge in [0, 0.05) is 22.2 Å². The van der Waals surface area contributed by atoms with E-state index in [1.54, 1.807) is 55.5 Å². The number of ether oxygens (including phenoxy) is 2. The van der Waals surface area contributed by atoms with E-state index in [-0.39, 0.29) is 47.4 Å². The van der Waals surface area contributed by atoms with Gasteiger partial charge in [-0.2, -0.15) is 0 Å². The zero-order valence-corrected chi connectivity index (χ0v) is 17.7. The van der Waals surface area contributed by atoms with Crippen molar-refractivity contribution in [3.8, 4) is 5.75 Å². The van der Waals surface area contributed by atoms with Gasteiger partial charge < -0.3 is 14.8 Å². The van der Waals surface area contributed by atoms with Crippen LogP contribution >= 0.6 is 11.6 Å². The molecule has 2 aliphatic carbocycles. The first-order chi connectivity index (χ1) is 14.9. The summed E-state index contributed by atoms with van der Waals surface area (Å²) in [6.45, 7) is 1.69. The summed E-state index contributed by atoms with van der Waals surface area (Å²) < 4.78 is 11.2. The van der Waals surface area contributed by atoms with Crippen LogP contribution in [-0.4, -0.2) is 29.9 Å². The van der Waals surface area contributed by atoms with E-state index in [9.17, 15) is 14.4 Å². The van der Waals surface area contributed by atoms with Crippen molar-refractivity contribution in [3.63, 3.8) is 0 Å². The van der Waals surface area contributed by atoms with E-state index in [1.807, 2.05) is 0 Å². The van der Waals surface area contributed by atoms with Gasteiger partial charge in [0.05, 0.1) is 11.8 Å². The van der Waals surface area contributed by atoms with Crippen LogP contribution in [0, 0.1) is 23.7 Å². The normalized spacial score (nSPS) is 28.8. The number of ketones is 1. The standard InChI is InChI=1S/C24H22ClNO5/c1-12(22(27)13-2-4-15(25)5-3-13)30-17-8-6-16(7-9-17)26-23(28)20-14-10-18-19(11-14)31-24(29)21(18)20/h2-9,12,14,18-21H,10-11H2,1H3,(H,26,28)/t12-,14-,18+,19-,20+,21-/m0/s1. The molecule has 5 rings (SSSR count). The predicted octanol–water partition coefficient (Wildman–Crippen LogP) is 4.13. The molecule has 160 valence electrons. The van der Waals surface area contributed by atoms with Crippen LogP contribution in [0.2, 0.25) is 5.02 Å². The van der Waals surface area contributed by atoms with Gasteiger partial charge in [0.2, 0.25) is 11.7 Å². The average Bonchev–Trinajstić information content (AvgIpc) is 3.38.